The summed E-state index contributed by atoms with van der Waals surface area (Å²) in [5.74, 6) is -4.91. The molecule has 0 saturated carbocycles. The summed E-state index contributed by atoms with van der Waals surface area (Å²) in [6.07, 6.45) is -3.44. The summed E-state index contributed by atoms with van der Waals surface area (Å²) in [5, 5.41) is 16.8. The van der Waals surface area contributed by atoms with E-state index in [1.54, 1.807) is 30.3 Å². The molecule has 184 valence electrons. The van der Waals surface area contributed by atoms with E-state index in [0.717, 1.165) is 0 Å². The summed E-state index contributed by atoms with van der Waals surface area (Å²) in [7, 11) is 0. The monoisotopic (exact) mass is 469 g/mol. The van der Waals surface area contributed by atoms with E-state index >= 15 is 0 Å². The molecule has 0 saturated heterocycles. The molecule has 1 aromatic carbocycles. The van der Waals surface area contributed by atoms with Crippen LogP contribution in [0.25, 0.3) is 0 Å². The topological polar surface area (TPSA) is 125 Å². The molecule has 0 aliphatic rings. The number of ketones is 1. The highest BCUT2D eigenvalue weighted by Crippen LogP contribution is 2.12. The van der Waals surface area contributed by atoms with Crippen molar-refractivity contribution in [2.45, 2.75) is 77.6 Å². The molecule has 1 aromatic rings. The molecular weight excluding hydrogens is 436 g/mol. The number of carboxylic acids is 1. The Bertz CT molecular complexity index is 805. The summed E-state index contributed by atoms with van der Waals surface area (Å²) in [4.78, 5) is 48.9. The molecule has 0 aliphatic carbocycles. The van der Waals surface area contributed by atoms with Crippen LogP contribution in [0.2, 0.25) is 0 Å². The number of amides is 2. The summed E-state index contributed by atoms with van der Waals surface area (Å²) < 4.78 is 25.8. The number of hydrogen-bond acceptors (Lipinski definition) is 5. The maximum atomic E-state index is 13.1. The van der Waals surface area contributed by atoms with Gasteiger partial charge in [0.1, 0.15) is 12.1 Å². The molecular formula is C23H33F2N3O5. The number of alkyl halides is 2. The van der Waals surface area contributed by atoms with Crippen LogP contribution in [-0.2, 0) is 25.6 Å². The van der Waals surface area contributed by atoms with Crippen molar-refractivity contribution in [3.63, 3.8) is 0 Å². The van der Waals surface area contributed by atoms with Crippen molar-refractivity contribution in [2.24, 2.45) is 5.92 Å². The Labute approximate surface area is 192 Å². The number of rotatable bonds is 14. The van der Waals surface area contributed by atoms with E-state index < -0.39 is 54.5 Å². The largest absolute Gasteiger partial charge is 0.475 e. The number of halogens is 2. The van der Waals surface area contributed by atoms with Gasteiger partial charge in [-0.3, -0.25) is 14.4 Å². The van der Waals surface area contributed by atoms with Gasteiger partial charge in [0, 0.05) is 18.9 Å². The highest BCUT2D eigenvalue weighted by Gasteiger charge is 2.34. The van der Waals surface area contributed by atoms with Gasteiger partial charge in [-0.15, -0.1) is 0 Å². The third-order valence-electron chi connectivity index (χ3n) is 5.18. The number of nitrogens with one attached hydrogen (secondary N) is 3. The van der Waals surface area contributed by atoms with Crippen LogP contribution in [0.3, 0.4) is 0 Å². The van der Waals surface area contributed by atoms with Crippen LogP contribution in [0.5, 0.6) is 0 Å². The van der Waals surface area contributed by atoms with Crippen LogP contribution in [0.1, 0.15) is 46.1 Å². The molecule has 0 heterocycles. The number of hydrogen-bond donors (Lipinski definition) is 4. The average Bonchev–Trinajstić information content (AvgIpc) is 2.75. The van der Waals surface area contributed by atoms with E-state index in [0.29, 0.717) is 12.0 Å². The molecule has 0 bridgehead atoms. The van der Waals surface area contributed by atoms with Gasteiger partial charge in [-0.25, -0.2) is 13.6 Å². The Hall–Kier alpha value is -2.88. The molecule has 0 aromatic heterocycles. The van der Waals surface area contributed by atoms with Crippen LogP contribution in [0.15, 0.2) is 30.3 Å². The Morgan fingerprint density at radius 2 is 1.52 bits per heavy atom. The molecule has 0 aliphatic heterocycles. The summed E-state index contributed by atoms with van der Waals surface area (Å²) in [5.41, 5.74) is 0.685. The number of aliphatic carboxylic acids is 1. The van der Waals surface area contributed by atoms with Gasteiger partial charge >= 0.3 is 5.97 Å². The third kappa shape index (κ3) is 9.65. The molecule has 1 rings (SSSR count). The van der Waals surface area contributed by atoms with Crippen molar-refractivity contribution in [3.8, 4) is 0 Å². The second-order valence-electron chi connectivity index (χ2n) is 8.29. The quantitative estimate of drug-likeness (QED) is 0.309. The summed E-state index contributed by atoms with van der Waals surface area (Å²) in [6.45, 7) is 7.57. The molecule has 0 spiro atoms. The van der Waals surface area contributed by atoms with Crippen LogP contribution in [-0.4, -0.2) is 59.3 Å². The van der Waals surface area contributed by atoms with Gasteiger partial charge < -0.3 is 21.1 Å². The third-order valence-corrected chi connectivity index (χ3v) is 5.18. The lowest BCUT2D eigenvalue weighted by Gasteiger charge is -2.28. The second kappa shape index (κ2) is 13.6. The van der Waals surface area contributed by atoms with Gasteiger partial charge in [0.15, 0.2) is 0 Å². The van der Waals surface area contributed by atoms with Gasteiger partial charge in [0.05, 0.1) is 6.04 Å². The maximum Gasteiger partial charge on any atom is 0.374 e. The molecule has 8 nitrogen and oxygen atoms in total. The van der Waals surface area contributed by atoms with E-state index in [1.165, 1.54) is 0 Å². The lowest BCUT2D eigenvalue weighted by Crippen LogP contribution is -2.58. The predicted molar refractivity (Wildman–Crippen MR) is 119 cm³/mol. The Morgan fingerprint density at radius 1 is 0.939 bits per heavy atom. The zero-order chi connectivity index (χ0) is 25.1. The van der Waals surface area contributed by atoms with Crippen LogP contribution < -0.4 is 16.0 Å². The first-order chi connectivity index (χ1) is 15.5. The van der Waals surface area contributed by atoms with Crippen LogP contribution >= 0.6 is 0 Å². The minimum absolute atomic E-state index is 0.0141. The van der Waals surface area contributed by atoms with Gasteiger partial charge in [0.2, 0.25) is 18.2 Å². The Balaban J connectivity index is 3.16. The maximum absolute atomic E-state index is 13.1. The predicted octanol–water partition coefficient (Wildman–Crippen LogP) is 1.92. The van der Waals surface area contributed by atoms with E-state index in [9.17, 15) is 28.0 Å². The molecule has 2 unspecified atom stereocenters. The van der Waals surface area contributed by atoms with E-state index in [1.807, 2.05) is 27.7 Å². The van der Waals surface area contributed by atoms with Crippen molar-refractivity contribution in [1.82, 2.24) is 16.0 Å². The first kappa shape index (κ1) is 28.2. The van der Waals surface area contributed by atoms with Crippen molar-refractivity contribution in [1.29, 1.82) is 0 Å². The molecule has 4 atom stereocenters. The van der Waals surface area contributed by atoms with Crippen LogP contribution in [0.4, 0.5) is 8.78 Å². The number of carbonyl (C=O) groups is 4. The van der Waals surface area contributed by atoms with Crippen molar-refractivity contribution < 1.29 is 33.1 Å². The molecule has 4 N–H and O–H groups in total. The Morgan fingerprint density at radius 3 is 2.00 bits per heavy atom. The summed E-state index contributed by atoms with van der Waals surface area (Å²) >= 11 is 0. The first-order valence-corrected chi connectivity index (χ1v) is 10.9. The van der Waals surface area contributed by atoms with E-state index in [2.05, 4.69) is 16.0 Å². The molecule has 0 fully saturated rings. The van der Waals surface area contributed by atoms with Gasteiger partial charge in [-0.05, 0) is 11.5 Å². The van der Waals surface area contributed by atoms with Crippen molar-refractivity contribution in [3.05, 3.63) is 35.9 Å². The zero-order valence-corrected chi connectivity index (χ0v) is 19.3. The minimum Gasteiger partial charge on any atom is -0.475 e. The van der Waals surface area contributed by atoms with E-state index in [-0.39, 0.29) is 18.4 Å². The molecule has 10 heteroatoms. The number of Topliss-reactive ketones (excluding diaryl/α,β-unsaturated/α-hetero) is 1. The fourth-order valence-electron chi connectivity index (χ4n) is 3.24. The number of benzene rings is 1. The Kier molecular flexibility index (Phi) is 11.6. The standard InChI is InChI=1S/C23H33F2N3O5/c1-5-14(4)19(26-13(2)3)22(31)28-17(11-15-9-7-6-8-10-15)21(30)27-16(12-18(24)25)20(29)23(32)33/h6-10,13-14,16-19,26H,5,11-12H2,1-4H3,(H,27,30)(H,28,31)(H,32,33)/t14?,16?,17-,19-/m0/s1. The van der Waals surface area contributed by atoms with Crippen molar-refractivity contribution in [2.75, 3.05) is 0 Å². The van der Waals surface area contributed by atoms with Crippen LogP contribution in [0, 0.1) is 5.92 Å². The van der Waals surface area contributed by atoms with E-state index in [4.69, 9.17) is 5.11 Å². The van der Waals surface area contributed by atoms with Crippen molar-refractivity contribution >= 4 is 23.6 Å². The number of carboxylic acid groups (broad SMARTS) is 1. The normalized spacial score (nSPS) is 14.9. The lowest BCUT2D eigenvalue weighted by molar-refractivity contribution is -0.151. The van der Waals surface area contributed by atoms with Gasteiger partial charge in [0.25, 0.3) is 5.78 Å². The SMILES string of the molecule is CCC(C)[C@H](NC(C)C)C(=O)N[C@@H](Cc1ccccc1)C(=O)NC(CC(F)F)C(=O)C(=O)O. The number of carbonyl (C=O) groups excluding carboxylic acids is 3. The molecule has 0 radical (unpaired) electrons. The highest BCUT2D eigenvalue weighted by molar-refractivity contribution is 6.35. The molecule has 33 heavy (non-hydrogen) atoms. The first-order valence-electron chi connectivity index (χ1n) is 10.9. The molecule has 2 amide bonds. The average molecular weight is 470 g/mol. The smallest absolute Gasteiger partial charge is 0.374 e. The summed E-state index contributed by atoms with van der Waals surface area (Å²) in [6, 6.07) is 4.95. The zero-order valence-electron chi connectivity index (χ0n) is 19.3. The fraction of sp³-hybridized carbons (Fsp3) is 0.565. The van der Waals surface area contributed by atoms with Gasteiger partial charge in [-0.1, -0.05) is 64.4 Å². The minimum atomic E-state index is -3.01. The second-order valence-corrected chi connectivity index (χ2v) is 8.29. The lowest BCUT2D eigenvalue weighted by atomic mass is 9.96. The van der Waals surface area contributed by atoms with Gasteiger partial charge in [-0.2, -0.15) is 0 Å². The highest BCUT2D eigenvalue weighted by atomic mass is 19.3. The fourth-order valence-corrected chi connectivity index (χ4v) is 3.24.